The second-order valence-electron chi connectivity index (χ2n) is 8.04. The van der Waals surface area contributed by atoms with Crippen LogP contribution in [-0.2, 0) is 9.53 Å². The number of aromatic nitrogens is 1. The molecule has 1 amide bonds. The van der Waals surface area contributed by atoms with Crippen LogP contribution in [-0.4, -0.2) is 59.0 Å². The van der Waals surface area contributed by atoms with Gasteiger partial charge in [0.15, 0.2) is 0 Å². The number of rotatable bonds is 3. The summed E-state index contributed by atoms with van der Waals surface area (Å²) in [7, 11) is 0. The highest BCUT2D eigenvalue weighted by Gasteiger charge is 2.47. The Bertz CT molecular complexity index is 595. The molecule has 1 aliphatic carbocycles. The number of hydrogen-bond acceptors (Lipinski definition) is 4. The van der Waals surface area contributed by atoms with Gasteiger partial charge in [-0.25, -0.2) is 0 Å². The van der Waals surface area contributed by atoms with Gasteiger partial charge in [0.05, 0.1) is 13.2 Å². The Morgan fingerprint density at radius 3 is 2.58 bits per heavy atom. The van der Waals surface area contributed by atoms with E-state index in [0.717, 1.165) is 31.5 Å². The topological polar surface area (TPSA) is 45.7 Å². The molecule has 2 aliphatic heterocycles. The molecule has 0 bridgehead atoms. The monoisotopic (exact) mass is 357 g/mol. The maximum absolute atomic E-state index is 13.8. The first-order valence-corrected chi connectivity index (χ1v) is 10.4. The van der Waals surface area contributed by atoms with Crippen LogP contribution in [0, 0.1) is 0 Å². The van der Waals surface area contributed by atoms with Gasteiger partial charge >= 0.3 is 0 Å². The molecule has 3 heterocycles. The van der Waals surface area contributed by atoms with Crippen LogP contribution in [0.4, 0.5) is 0 Å². The molecule has 5 nitrogen and oxygen atoms in total. The first-order chi connectivity index (χ1) is 12.8. The van der Waals surface area contributed by atoms with Gasteiger partial charge in [-0.3, -0.25) is 14.7 Å². The predicted octanol–water partition coefficient (Wildman–Crippen LogP) is 3.17. The lowest BCUT2D eigenvalue weighted by Crippen LogP contribution is -2.63. The molecule has 1 saturated carbocycles. The number of morpholine rings is 1. The Morgan fingerprint density at radius 2 is 1.85 bits per heavy atom. The third-order valence-electron chi connectivity index (χ3n) is 6.45. The average molecular weight is 357 g/mol. The van der Waals surface area contributed by atoms with Crippen molar-refractivity contribution in [3.05, 3.63) is 30.1 Å². The number of carbonyl (C=O) groups is 1. The number of ether oxygens (including phenoxy) is 1. The van der Waals surface area contributed by atoms with Crippen LogP contribution in [0.3, 0.4) is 0 Å². The number of piperidine rings is 1. The molecule has 3 aliphatic rings. The minimum atomic E-state index is -0.254. The fourth-order valence-electron chi connectivity index (χ4n) is 5.02. The molecule has 0 spiro atoms. The number of hydrogen-bond donors (Lipinski definition) is 0. The SMILES string of the molecule is O=C(N1CCO[C@@H](c2cccnc2)C1)C1(N2CCCCC2)CCCCC1. The lowest BCUT2D eigenvalue weighted by Gasteiger charge is -2.49. The highest BCUT2D eigenvalue weighted by atomic mass is 16.5. The minimum Gasteiger partial charge on any atom is -0.370 e. The molecule has 0 aromatic carbocycles. The smallest absolute Gasteiger partial charge is 0.243 e. The van der Waals surface area contributed by atoms with Crippen LogP contribution in [0.25, 0.3) is 0 Å². The molecule has 0 N–H and O–H groups in total. The zero-order chi connectivity index (χ0) is 17.8. The van der Waals surface area contributed by atoms with Gasteiger partial charge < -0.3 is 9.64 Å². The lowest BCUT2D eigenvalue weighted by molar-refractivity contribution is -0.156. The molecule has 1 aromatic heterocycles. The molecular weight excluding hydrogens is 326 g/mol. The Labute approximate surface area is 156 Å². The van der Waals surface area contributed by atoms with E-state index in [9.17, 15) is 4.79 Å². The molecule has 4 rings (SSSR count). The Kier molecular flexibility index (Phi) is 5.55. The molecule has 1 aromatic rings. The van der Waals surface area contributed by atoms with Crippen molar-refractivity contribution in [2.75, 3.05) is 32.8 Å². The summed E-state index contributed by atoms with van der Waals surface area (Å²) in [5.41, 5.74) is 0.816. The predicted molar refractivity (Wildman–Crippen MR) is 101 cm³/mol. The number of nitrogens with zero attached hydrogens (tertiary/aromatic N) is 3. The van der Waals surface area contributed by atoms with Gasteiger partial charge in [-0.05, 0) is 44.8 Å². The molecule has 26 heavy (non-hydrogen) atoms. The van der Waals surface area contributed by atoms with Crippen LogP contribution < -0.4 is 0 Å². The second kappa shape index (κ2) is 8.05. The van der Waals surface area contributed by atoms with Gasteiger partial charge in [0, 0.05) is 24.5 Å². The summed E-state index contributed by atoms with van der Waals surface area (Å²) in [5, 5.41) is 0. The van der Waals surface area contributed by atoms with E-state index in [-0.39, 0.29) is 11.6 Å². The minimum absolute atomic E-state index is 0.0524. The Balaban J connectivity index is 1.53. The first kappa shape index (κ1) is 17.9. The van der Waals surface area contributed by atoms with Crippen molar-refractivity contribution < 1.29 is 9.53 Å². The summed E-state index contributed by atoms with van der Waals surface area (Å²) >= 11 is 0. The molecular formula is C21H31N3O2. The van der Waals surface area contributed by atoms with Crippen LogP contribution in [0.5, 0.6) is 0 Å². The van der Waals surface area contributed by atoms with Gasteiger partial charge in [0.1, 0.15) is 11.6 Å². The van der Waals surface area contributed by atoms with Crippen LogP contribution in [0.2, 0.25) is 0 Å². The van der Waals surface area contributed by atoms with E-state index in [1.807, 2.05) is 18.3 Å². The third kappa shape index (κ3) is 3.52. The Morgan fingerprint density at radius 1 is 1.08 bits per heavy atom. The quantitative estimate of drug-likeness (QED) is 0.834. The van der Waals surface area contributed by atoms with E-state index in [2.05, 4.69) is 14.8 Å². The zero-order valence-electron chi connectivity index (χ0n) is 15.7. The van der Waals surface area contributed by atoms with E-state index in [4.69, 9.17) is 4.74 Å². The molecule has 3 fully saturated rings. The van der Waals surface area contributed by atoms with Crippen LogP contribution >= 0.6 is 0 Å². The van der Waals surface area contributed by atoms with Gasteiger partial charge in [-0.1, -0.05) is 31.7 Å². The molecule has 142 valence electrons. The van der Waals surface area contributed by atoms with Gasteiger partial charge in [0.25, 0.3) is 0 Å². The molecule has 1 atom stereocenters. The molecule has 0 radical (unpaired) electrons. The van der Waals surface area contributed by atoms with Crippen molar-refractivity contribution in [2.24, 2.45) is 0 Å². The number of amides is 1. The van der Waals surface area contributed by atoms with Gasteiger partial charge in [-0.2, -0.15) is 0 Å². The Hall–Kier alpha value is -1.46. The van der Waals surface area contributed by atoms with E-state index >= 15 is 0 Å². The lowest BCUT2D eigenvalue weighted by atomic mass is 9.78. The molecule has 2 saturated heterocycles. The van der Waals surface area contributed by atoms with Gasteiger partial charge in [-0.15, -0.1) is 0 Å². The van der Waals surface area contributed by atoms with E-state index in [1.54, 1.807) is 6.20 Å². The van der Waals surface area contributed by atoms with Crippen molar-refractivity contribution in [1.82, 2.24) is 14.8 Å². The average Bonchev–Trinajstić information content (AvgIpc) is 2.75. The van der Waals surface area contributed by atoms with Crippen LogP contribution in [0.15, 0.2) is 24.5 Å². The molecule has 0 unspecified atom stereocenters. The third-order valence-corrected chi connectivity index (χ3v) is 6.45. The highest BCUT2D eigenvalue weighted by Crippen LogP contribution is 2.38. The van der Waals surface area contributed by atoms with Crippen molar-refractivity contribution in [2.45, 2.75) is 63.0 Å². The fraction of sp³-hybridized carbons (Fsp3) is 0.714. The van der Waals surface area contributed by atoms with Crippen molar-refractivity contribution >= 4 is 5.91 Å². The molecule has 5 heteroatoms. The summed E-state index contributed by atoms with van der Waals surface area (Å²) in [5.74, 6) is 0.358. The van der Waals surface area contributed by atoms with Crippen molar-refractivity contribution in [3.8, 4) is 0 Å². The highest BCUT2D eigenvalue weighted by molar-refractivity contribution is 5.86. The van der Waals surface area contributed by atoms with E-state index < -0.39 is 0 Å². The normalized spacial score (nSPS) is 27.2. The summed E-state index contributed by atoms with van der Waals surface area (Å²) in [6.07, 6.45) is 13.0. The summed E-state index contributed by atoms with van der Waals surface area (Å²) < 4.78 is 5.96. The number of carbonyl (C=O) groups excluding carboxylic acids is 1. The standard InChI is InChI=1S/C21H31N3O2/c25-20(21(9-3-1-4-10-21)24-12-5-2-6-13-24)23-14-15-26-19(17-23)18-8-7-11-22-16-18/h7-8,11,16,19H,1-6,9-10,12-15,17H2/t19-/m1/s1. The fourth-order valence-corrected chi connectivity index (χ4v) is 5.02. The second-order valence-corrected chi connectivity index (χ2v) is 8.04. The van der Waals surface area contributed by atoms with Gasteiger partial charge in [0.2, 0.25) is 5.91 Å². The summed E-state index contributed by atoms with van der Waals surface area (Å²) in [4.78, 5) is 22.6. The maximum atomic E-state index is 13.8. The number of likely N-dealkylation sites (tertiary alicyclic amines) is 1. The maximum Gasteiger partial charge on any atom is 0.243 e. The summed E-state index contributed by atoms with van der Waals surface area (Å²) in [6, 6.07) is 3.99. The van der Waals surface area contributed by atoms with E-state index in [0.29, 0.717) is 25.6 Å². The zero-order valence-corrected chi connectivity index (χ0v) is 15.7. The van der Waals surface area contributed by atoms with Crippen LogP contribution in [0.1, 0.15) is 63.0 Å². The van der Waals surface area contributed by atoms with Crippen molar-refractivity contribution in [1.29, 1.82) is 0 Å². The van der Waals surface area contributed by atoms with E-state index in [1.165, 1.54) is 38.5 Å². The largest absolute Gasteiger partial charge is 0.370 e. The number of pyridine rings is 1. The van der Waals surface area contributed by atoms with Crippen molar-refractivity contribution in [3.63, 3.8) is 0 Å². The summed E-state index contributed by atoms with van der Waals surface area (Å²) in [6.45, 7) is 4.15. The first-order valence-electron chi connectivity index (χ1n) is 10.4.